The maximum atomic E-state index is 12.4. The summed E-state index contributed by atoms with van der Waals surface area (Å²) in [6.45, 7) is 1.42. The molecular formula is C22H18N2O2S. The third kappa shape index (κ3) is 3.15. The van der Waals surface area contributed by atoms with Crippen LogP contribution in [0.4, 0.5) is 5.13 Å². The number of hydrogen-bond donors (Lipinski definition) is 0. The lowest BCUT2D eigenvalue weighted by molar-refractivity contribution is -0.149. The Balaban J connectivity index is 1.21. The second kappa shape index (κ2) is 6.67. The molecule has 1 saturated heterocycles. The van der Waals surface area contributed by atoms with Gasteiger partial charge in [-0.05, 0) is 28.5 Å². The van der Waals surface area contributed by atoms with Crippen molar-refractivity contribution >= 4 is 43.4 Å². The number of hydrogen-bond acceptors (Lipinski definition) is 5. The average molecular weight is 374 g/mol. The van der Waals surface area contributed by atoms with Gasteiger partial charge in [-0.25, -0.2) is 4.98 Å². The number of nitrogens with zero attached hydrogens (tertiary/aromatic N) is 2. The van der Waals surface area contributed by atoms with E-state index in [-0.39, 0.29) is 12.1 Å². The van der Waals surface area contributed by atoms with Gasteiger partial charge in [0.2, 0.25) is 0 Å². The fourth-order valence-electron chi connectivity index (χ4n) is 3.49. The molecule has 134 valence electrons. The van der Waals surface area contributed by atoms with Crippen molar-refractivity contribution in [2.24, 2.45) is 0 Å². The van der Waals surface area contributed by atoms with E-state index >= 15 is 0 Å². The Morgan fingerprint density at radius 3 is 2.70 bits per heavy atom. The topological polar surface area (TPSA) is 42.4 Å². The Morgan fingerprint density at radius 1 is 1.04 bits per heavy atom. The molecule has 1 aromatic heterocycles. The molecule has 3 aromatic carbocycles. The standard InChI is InChI=1S/C22H18N2O2S/c25-21(12-16-8-5-7-15-6-1-2-9-18(15)16)26-17-13-24(14-17)22-23-19-10-3-4-11-20(19)27-22/h1-11,17H,12-14H2. The minimum Gasteiger partial charge on any atom is -0.458 e. The van der Waals surface area contributed by atoms with Crippen molar-refractivity contribution in [2.75, 3.05) is 18.0 Å². The van der Waals surface area contributed by atoms with Crippen LogP contribution in [-0.2, 0) is 16.0 Å². The van der Waals surface area contributed by atoms with Crippen LogP contribution >= 0.6 is 11.3 Å². The molecule has 0 N–H and O–H groups in total. The number of benzene rings is 3. The summed E-state index contributed by atoms with van der Waals surface area (Å²) in [6.07, 6.45) is 0.249. The normalized spacial score (nSPS) is 14.4. The molecule has 5 heteroatoms. The van der Waals surface area contributed by atoms with E-state index in [0.29, 0.717) is 19.5 Å². The predicted octanol–water partition coefficient (Wildman–Crippen LogP) is 4.42. The molecule has 0 bridgehead atoms. The molecule has 0 amide bonds. The Hall–Kier alpha value is -2.92. The molecule has 5 rings (SSSR count). The number of anilines is 1. The van der Waals surface area contributed by atoms with Gasteiger partial charge in [0, 0.05) is 0 Å². The zero-order valence-corrected chi connectivity index (χ0v) is 15.5. The van der Waals surface area contributed by atoms with Crippen LogP contribution in [0.1, 0.15) is 5.56 Å². The third-order valence-corrected chi connectivity index (χ3v) is 6.01. The van der Waals surface area contributed by atoms with Gasteiger partial charge in [-0.3, -0.25) is 4.79 Å². The van der Waals surface area contributed by atoms with E-state index in [1.165, 1.54) is 4.70 Å². The SMILES string of the molecule is O=C(Cc1cccc2ccccc12)OC1CN(c2nc3ccccc3s2)C1. The van der Waals surface area contributed by atoms with Gasteiger partial charge in [0.15, 0.2) is 5.13 Å². The average Bonchev–Trinajstić information content (AvgIpc) is 3.08. The predicted molar refractivity (Wildman–Crippen MR) is 109 cm³/mol. The van der Waals surface area contributed by atoms with Crippen LogP contribution in [-0.4, -0.2) is 30.1 Å². The van der Waals surface area contributed by atoms with Gasteiger partial charge >= 0.3 is 5.97 Å². The van der Waals surface area contributed by atoms with E-state index < -0.39 is 0 Å². The summed E-state index contributed by atoms with van der Waals surface area (Å²) in [7, 11) is 0. The van der Waals surface area contributed by atoms with Gasteiger partial charge < -0.3 is 9.64 Å². The number of carbonyl (C=O) groups is 1. The van der Waals surface area contributed by atoms with Gasteiger partial charge in [-0.2, -0.15) is 0 Å². The molecule has 0 atom stereocenters. The Bertz CT molecular complexity index is 1090. The van der Waals surface area contributed by atoms with Crippen LogP contribution in [0.2, 0.25) is 0 Å². The maximum Gasteiger partial charge on any atom is 0.310 e. The molecule has 1 fully saturated rings. The highest BCUT2D eigenvalue weighted by molar-refractivity contribution is 7.22. The maximum absolute atomic E-state index is 12.4. The highest BCUT2D eigenvalue weighted by Gasteiger charge is 2.32. The van der Waals surface area contributed by atoms with Crippen molar-refractivity contribution in [3.05, 3.63) is 72.3 Å². The van der Waals surface area contributed by atoms with E-state index in [1.807, 2.05) is 42.5 Å². The monoisotopic (exact) mass is 374 g/mol. The van der Waals surface area contributed by atoms with Gasteiger partial charge in [0.05, 0.1) is 29.7 Å². The van der Waals surface area contributed by atoms with Crippen molar-refractivity contribution in [3.8, 4) is 0 Å². The Kier molecular flexibility index (Phi) is 4.02. The molecule has 27 heavy (non-hydrogen) atoms. The third-order valence-electron chi connectivity index (χ3n) is 4.91. The Morgan fingerprint density at radius 2 is 1.81 bits per heavy atom. The van der Waals surface area contributed by atoms with Crippen molar-refractivity contribution in [2.45, 2.75) is 12.5 Å². The first-order chi connectivity index (χ1) is 13.3. The number of thiazole rings is 1. The van der Waals surface area contributed by atoms with Crippen LogP contribution in [0.25, 0.3) is 21.0 Å². The zero-order valence-electron chi connectivity index (χ0n) is 14.7. The number of carbonyl (C=O) groups excluding carboxylic acids is 1. The molecule has 0 aliphatic carbocycles. The minimum absolute atomic E-state index is 0.0560. The lowest BCUT2D eigenvalue weighted by Gasteiger charge is -2.38. The molecule has 4 aromatic rings. The van der Waals surface area contributed by atoms with Crippen LogP contribution in [0.3, 0.4) is 0 Å². The summed E-state index contributed by atoms with van der Waals surface area (Å²) in [5.74, 6) is -0.166. The molecular weight excluding hydrogens is 356 g/mol. The number of aromatic nitrogens is 1. The summed E-state index contributed by atoms with van der Waals surface area (Å²) in [6, 6.07) is 22.3. The molecule has 1 aliphatic heterocycles. The summed E-state index contributed by atoms with van der Waals surface area (Å²) in [5.41, 5.74) is 2.04. The van der Waals surface area contributed by atoms with Crippen LogP contribution < -0.4 is 4.90 Å². The smallest absolute Gasteiger partial charge is 0.310 e. The second-order valence-corrected chi connectivity index (χ2v) is 7.81. The summed E-state index contributed by atoms with van der Waals surface area (Å²) < 4.78 is 6.85. The van der Waals surface area contributed by atoms with Gasteiger partial charge in [0.25, 0.3) is 0 Å². The highest BCUT2D eigenvalue weighted by Crippen LogP contribution is 2.31. The number of fused-ring (bicyclic) bond motifs is 2. The first-order valence-corrected chi connectivity index (χ1v) is 9.84. The molecule has 0 radical (unpaired) electrons. The fourth-order valence-corrected chi connectivity index (χ4v) is 4.48. The summed E-state index contributed by atoms with van der Waals surface area (Å²) in [5, 5.41) is 3.26. The van der Waals surface area contributed by atoms with Crippen LogP contribution in [0.15, 0.2) is 66.7 Å². The van der Waals surface area contributed by atoms with E-state index in [4.69, 9.17) is 4.74 Å². The van der Waals surface area contributed by atoms with Gasteiger partial charge in [-0.1, -0.05) is 65.9 Å². The quantitative estimate of drug-likeness (QED) is 0.496. The molecule has 0 unspecified atom stereocenters. The Labute approximate surface area is 161 Å². The van der Waals surface area contributed by atoms with Crippen molar-refractivity contribution < 1.29 is 9.53 Å². The number of ether oxygens (including phenoxy) is 1. The van der Waals surface area contributed by atoms with E-state index in [0.717, 1.165) is 27.0 Å². The number of rotatable bonds is 4. The van der Waals surface area contributed by atoms with Crippen molar-refractivity contribution in [3.63, 3.8) is 0 Å². The highest BCUT2D eigenvalue weighted by atomic mass is 32.1. The van der Waals surface area contributed by atoms with E-state index in [9.17, 15) is 4.79 Å². The van der Waals surface area contributed by atoms with Crippen molar-refractivity contribution in [1.29, 1.82) is 0 Å². The summed E-state index contributed by atoms with van der Waals surface area (Å²) >= 11 is 1.68. The first kappa shape index (κ1) is 16.3. The van der Waals surface area contributed by atoms with E-state index in [2.05, 4.69) is 34.1 Å². The van der Waals surface area contributed by atoms with Crippen molar-refractivity contribution in [1.82, 2.24) is 4.98 Å². The minimum atomic E-state index is -0.166. The molecule has 2 heterocycles. The fraction of sp³-hybridized carbons (Fsp3) is 0.182. The molecule has 0 saturated carbocycles. The van der Waals surface area contributed by atoms with E-state index in [1.54, 1.807) is 11.3 Å². The largest absolute Gasteiger partial charge is 0.458 e. The van der Waals surface area contributed by atoms with Gasteiger partial charge in [0.1, 0.15) is 6.10 Å². The molecule has 4 nitrogen and oxygen atoms in total. The van der Waals surface area contributed by atoms with Crippen LogP contribution in [0.5, 0.6) is 0 Å². The number of esters is 1. The summed E-state index contributed by atoms with van der Waals surface area (Å²) in [4.78, 5) is 19.2. The van der Waals surface area contributed by atoms with Crippen LogP contribution in [0, 0.1) is 0 Å². The zero-order chi connectivity index (χ0) is 18.2. The molecule has 1 aliphatic rings. The second-order valence-electron chi connectivity index (χ2n) is 6.80. The lowest BCUT2D eigenvalue weighted by atomic mass is 10.0. The molecule has 0 spiro atoms. The lowest BCUT2D eigenvalue weighted by Crippen LogP contribution is -2.53. The van der Waals surface area contributed by atoms with Gasteiger partial charge in [-0.15, -0.1) is 0 Å². The first-order valence-electron chi connectivity index (χ1n) is 9.03. The number of para-hydroxylation sites is 1.